The number of benzene rings is 1. The zero-order valence-electron chi connectivity index (χ0n) is 8.21. The van der Waals surface area contributed by atoms with Crippen LogP contribution < -0.4 is 5.32 Å². The van der Waals surface area contributed by atoms with Gasteiger partial charge in [-0.15, -0.1) is 11.8 Å². The van der Waals surface area contributed by atoms with Crippen molar-refractivity contribution in [3.8, 4) is 0 Å². The summed E-state index contributed by atoms with van der Waals surface area (Å²) in [4.78, 5) is 0.493. The van der Waals surface area contributed by atoms with Crippen molar-refractivity contribution in [3.63, 3.8) is 0 Å². The van der Waals surface area contributed by atoms with Crippen molar-refractivity contribution < 1.29 is 18.3 Å². The molecule has 0 aromatic heterocycles. The number of fused-ring (bicyclic) bond motifs is 1. The van der Waals surface area contributed by atoms with Gasteiger partial charge in [0.25, 0.3) is 0 Å². The third-order valence-electron chi connectivity index (χ3n) is 2.33. The van der Waals surface area contributed by atoms with Crippen molar-refractivity contribution in [2.75, 3.05) is 12.3 Å². The second-order valence-corrected chi connectivity index (χ2v) is 4.59. The van der Waals surface area contributed by atoms with E-state index in [1.807, 2.05) is 0 Å². The van der Waals surface area contributed by atoms with Gasteiger partial charge in [0.05, 0.1) is 5.56 Å². The van der Waals surface area contributed by atoms with Crippen LogP contribution in [0.5, 0.6) is 0 Å². The Morgan fingerprint density at radius 2 is 2.12 bits per heavy atom. The Bertz CT molecular complexity index is 394. The molecule has 2 nitrogen and oxygen atoms in total. The van der Waals surface area contributed by atoms with Crippen LogP contribution in [-0.4, -0.2) is 17.4 Å². The lowest BCUT2D eigenvalue weighted by atomic mass is 10.1. The first-order chi connectivity index (χ1) is 7.48. The fourth-order valence-electron chi connectivity index (χ4n) is 1.53. The Labute approximate surface area is 94.8 Å². The topological polar surface area (TPSA) is 32.3 Å². The number of aliphatic hydroxyl groups excluding tert-OH is 1. The number of thioether (sulfide) groups is 1. The molecule has 88 valence electrons. The summed E-state index contributed by atoms with van der Waals surface area (Å²) in [7, 11) is 0. The van der Waals surface area contributed by atoms with Crippen LogP contribution >= 0.6 is 11.8 Å². The smallest absolute Gasteiger partial charge is 0.374 e. The third-order valence-corrected chi connectivity index (χ3v) is 3.41. The molecule has 0 spiro atoms. The molecule has 0 saturated heterocycles. The van der Waals surface area contributed by atoms with Crippen LogP contribution in [0.2, 0.25) is 0 Å². The molecule has 0 fully saturated rings. The Morgan fingerprint density at radius 1 is 1.38 bits per heavy atom. The summed E-state index contributed by atoms with van der Waals surface area (Å²) in [5.74, 6) is 0.644. The standard InChI is InChI=1S/C10H10F3NOS/c11-10(12,13)6-1-2-7-8(5-6)16-4-3-14-9(7)15/h1-2,5,9,14-15H,3-4H2. The molecule has 1 aromatic carbocycles. The van der Waals surface area contributed by atoms with Crippen molar-refractivity contribution in [2.24, 2.45) is 0 Å². The zero-order chi connectivity index (χ0) is 11.8. The van der Waals surface area contributed by atoms with Gasteiger partial charge >= 0.3 is 6.18 Å². The highest BCUT2D eigenvalue weighted by molar-refractivity contribution is 7.99. The van der Waals surface area contributed by atoms with Crippen molar-refractivity contribution in [3.05, 3.63) is 29.3 Å². The minimum atomic E-state index is -4.33. The molecule has 2 rings (SSSR count). The highest BCUT2D eigenvalue weighted by Gasteiger charge is 2.31. The van der Waals surface area contributed by atoms with Gasteiger partial charge in [0.1, 0.15) is 6.23 Å². The van der Waals surface area contributed by atoms with Gasteiger partial charge in [0, 0.05) is 22.8 Å². The third kappa shape index (κ3) is 2.34. The van der Waals surface area contributed by atoms with Crippen molar-refractivity contribution in [1.82, 2.24) is 5.32 Å². The summed E-state index contributed by atoms with van der Waals surface area (Å²) >= 11 is 1.32. The zero-order valence-corrected chi connectivity index (χ0v) is 9.03. The van der Waals surface area contributed by atoms with E-state index in [-0.39, 0.29) is 0 Å². The maximum atomic E-state index is 12.5. The van der Waals surface area contributed by atoms with Gasteiger partial charge in [-0.1, -0.05) is 6.07 Å². The van der Waals surface area contributed by atoms with E-state index in [0.29, 0.717) is 22.8 Å². The van der Waals surface area contributed by atoms with E-state index in [1.54, 1.807) is 0 Å². The fourth-order valence-corrected chi connectivity index (χ4v) is 2.52. The summed E-state index contributed by atoms with van der Waals surface area (Å²) in [6, 6.07) is 3.42. The van der Waals surface area contributed by atoms with Gasteiger partial charge in [0.15, 0.2) is 0 Å². The van der Waals surface area contributed by atoms with Crippen LogP contribution in [0.1, 0.15) is 17.4 Å². The average Bonchev–Trinajstić information content (AvgIpc) is 2.39. The molecule has 1 heterocycles. The molecule has 0 radical (unpaired) electrons. The van der Waals surface area contributed by atoms with Gasteiger partial charge in [0.2, 0.25) is 0 Å². The summed E-state index contributed by atoms with van der Waals surface area (Å²) in [5, 5.41) is 12.4. The van der Waals surface area contributed by atoms with Gasteiger partial charge in [-0.2, -0.15) is 13.2 Å². The Morgan fingerprint density at radius 3 is 2.81 bits per heavy atom. The molecule has 0 aliphatic carbocycles. The minimum Gasteiger partial charge on any atom is -0.374 e. The lowest BCUT2D eigenvalue weighted by Gasteiger charge is -2.14. The molecule has 0 amide bonds. The van der Waals surface area contributed by atoms with Crippen LogP contribution in [0.3, 0.4) is 0 Å². The summed E-state index contributed by atoms with van der Waals surface area (Å²) in [5.41, 5.74) is -0.164. The normalized spacial score (nSPS) is 21.4. The van der Waals surface area contributed by atoms with Crippen LogP contribution in [-0.2, 0) is 6.18 Å². The van der Waals surface area contributed by atoms with Gasteiger partial charge in [-0.25, -0.2) is 0 Å². The molecule has 1 atom stereocenters. The van der Waals surface area contributed by atoms with Gasteiger partial charge in [-0.3, -0.25) is 5.32 Å². The lowest BCUT2D eigenvalue weighted by molar-refractivity contribution is -0.137. The molecule has 2 N–H and O–H groups in total. The predicted octanol–water partition coefficient (Wildman–Crippen LogP) is 2.39. The molecular weight excluding hydrogens is 239 g/mol. The molecule has 1 unspecified atom stereocenters. The monoisotopic (exact) mass is 249 g/mol. The molecule has 1 aliphatic rings. The van der Waals surface area contributed by atoms with E-state index in [2.05, 4.69) is 5.32 Å². The second-order valence-electron chi connectivity index (χ2n) is 3.46. The first-order valence-electron chi connectivity index (χ1n) is 4.74. The minimum absolute atomic E-state index is 0.493. The molecule has 0 bridgehead atoms. The predicted molar refractivity (Wildman–Crippen MR) is 55.1 cm³/mol. The van der Waals surface area contributed by atoms with E-state index < -0.39 is 18.0 Å². The first kappa shape index (κ1) is 11.8. The SMILES string of the molecule is OC1NCCSc2cc(C(F)(F)F)ccc21. The summed E-state index contributed by atoms with van der Waals surface area (Å²) < 4.78 is 37.4. The van der Waals surface area contributed by atoms with E-state index in [9.17, 15) is 18.3 Å². The summed E-state index contributed by atoms with van der Waals surface area (Å²) in [6.45, 7) is 0.571. The molecule has 6 heteroatoms. The number of hydrogen-bond acceptors (Lipinski definition) is 3. The molecule has 0 saturated carbocycles. The van der Waals surface area contributed by atoms with Gasteiger partial charge in [-0.05, 0) is 12.1 Å². The lowest BCUT2D eigenvalue weighted by Crippen LogP contribution is -2.21. The van der Waals surface area contributed by atoms with Crippen LogP contribution in [0, 0.1) is 0 Å². The van der Waals surface area contributed by atoms with E-state index >= 15 is 0 Å². The average molecular weight is 249 g/mol. The van der Waals surface area contributed by atoms with Crippen molar-refractivity contribution in [2.45, 2.75) is 17.3 Å². The largest absolute Gasteiger partial charge is 0.416 e. The highest BCUT2D eigenvalue weighted by atomic mass is 32.2. The maximum absolute atomic E-state index is 12.5. The Kier molecular flexibility index (Phi) is 3.14. The number of hydrogen-bond donors (Lipinski definition) is 2. The van der Waals surface area contributed by atoms with Crippen LogP contribution in [0.25, 0.3) is 0 Å². The number of nitrogens with one attached hydrogen (secondary N) is 1. The molecule has 16 heavy (non-hydrogen) atoms. The number of halogens is 3. The van der Waals surface area contributed by atoms with E-state index in [4.69, 9.17) is 0 Å². The number of alkyl halides is 3. The van der Waals surface area contributed by atoms with Crippen LogP contribution in [0.4, 0.5) is 13.2 Å². The van der Waals surface area contributed by atoms with Crippen LogP contribution in [0.15, 0.2) is 23.1 Å². The number of rotatable bonds is 0. The highest BCUT2D eigenvalue weighted by Crippen LogP contribution is 2.36. The second kappa shape index (κ2) is 4.27. The number of aliphatic hydroxyl groups is 1. The van der Waals surface area contributed by atoms with E-state index in [1.165, 1.54) is 17.8 Å². The molecule has 1 aliphatic heterocycles. The first-order valence-corrected chi connectivity index (χ1v) is 5.72. The van der Waals surface area contributed by atoms with E-state index in [0.717, 1.165) is 12.1 Å². The van der Waals surface area contributed by atoms with Crippen molar-refractivity contribution >= 4 is 11.8 Å². The Hall–Kier alpha value is -0.720. The fraction of sp³-hybridized carbons (Fsp3) is 0.400. The molecule has 1 aromatic rings. The quantitative estimate of drug-likeness (QED) is 0.740. The van der Waals surface area contributed by atoms with Crippen molar-refractivity contribution in [1.29, 1.82) is 0 Å². The maximum Gasteiger partial charge on any atom is 0.416 e. The van der Waals surface area contributed by atoms with Gasteiger partial charge < -0.3 is 5.11 Å². The molecular formula is C10H10F3NOS. The summed E-state index contributed by atoms with van der Waals surface area (Å²) in [6.07, 6.45) is -5.22. The Balaban J connectivity index is 2.41.